The topological polar surface area (TPSA) is 81.3 Å². The number of aromatic nitrogens is 4. The number of hydrogen-bond acceptors (Lipinski definition) is 5. The van der Waals surface area contributed by atoms with Gasteiger partial charge in [0, 0.05) is 40.7 Å². The van der Waals surface area contributed by atoms with E-state index in [2.05, 4.69) is 15.4 Å². The maximum Gasteiger partial charge on any atom is 0.267 e. The van der Waals surface area contributed by atoms with Crippen molar-refractivity contribution in [2.24, 2.45) is 0 Å². The molecule has 1 amide bonds. The molecule has 0 bridgehead atoms. The summed E-state index contributed by atoms with van der Waals surface area (Å²) in [5, 5.41) is 9.29. The van der Waals surface area contributed by atoms with Crippen molar-refractivity contribution >= 4 is 27.9 Å². The lowest BCUT2D eigenvalue weighted by Crippen LogP contribution is -2.29. The summed E-state index contributed by atoms with van der Waals surface area (Å²) in [6.07, 6.45) is 3.91. The van der Waals surface area contributed by atoms with Crippen molar-refractivity contribution in [3.05, 3.63) is 93.9 Å². The highest BCUT2D eigenvalue weighted by Crippen LogP contribution is 2.24. The monoisotopic (exact) mass is 455 g/mol. The Hall–Kier alpha value is -4.04. The van der Waals surface area contributed by atoms with Crippen LogP contribution < -0.4 is 10.9 Å². The third kappa shape index (κ3) is 4.33. The van der Waals surface area contributed by atoms with Gasteiger partial charge in [-0.05, 0) is 43.7 Å². The summed E-state index contributed by atoms with van der Waals surface area (Å²) >= 11 is 1.56. The summed E-state index contributed by atoms with van der Waals surface area (Å²) < 4.78 is 3.16. The average Bonchev–Trinajstić information content (AvgIpc) is 3.40. The third-order valence-electron chi connectivity index (χ3n) is 5.36. The smallest absolute Gasteiger partial charge is 0.267 e. The fourth-order valence-electron chi connectivity index (χ4n) is 3.68. The molecule has 8 heteroatoms. The molecule has 164 valence electrons. The van der Waals surface area contributed by atoms with E-state index in [0.717, 1.165) is 32.9 Å². The lowest BCUT2D eigenvalue weighted by molar-refractivity contribution is -0.117. The number of rotatable bonds is 5. The normalized spacial score (nSPS) is 11.1. The number of anilines is 1. The quantitative estimate of drug-likeness (QED) is 0.422. The SMILES string of the molecule is Cc1ccc(C)c(-c2ccc(=O)n(CC(=O)Nc3cccc(-c4cn5ccsc5n4)c3)n2)c1. The van der Waals surface area contributed by atoms with E-state index in [-0.39, 0.29) is 18.0 Å². The maximum absolute atomic E-state index is 12.7. The Kier molecular flexibility index (Phi) is 5.35. The number of thiazole rings is 1. The highest BCUT2D eigenvalue weighted by Gasteiger charge is 2.11. The van der Waals surface area contributed by atoms with Crippen molar-refractivity contribution in [1.82, 2.24) is 19.2 Å². The van der Waals surface area contributed by atoms with Crippen LogP contribution in [0, 0.1) is 13.8 Å². The van der Waals surface area contributed by atoms with Crippen molar-refractivity contribution in [2.45, 2.75) is 20.4 Å². The number of nitrogens with zero attached hydrogens (tertiary/aromatic N) is 4. The van der Waals surface area contributed by atoms with Gasteiger partial charge in [0.1, 0.15) is 6.54 Å². The van der Waals surface area contributed by atoms with Gasteiger partial charge >= 0.3 is 0 Å². The zero-order valence-corrected chi connectivity index (χ0v) is 19.0. The standard InChI is InChI=1S/C25H21N5O2S/c1-16-6-7-17(2)20(12-16)21-8-9-24(32)30(28-21)15-23(31)26-19-5-3-4-18(13-19)22-14-29-10-11-33-25(29)27-22/h3-14H,15H2,1-2H3,(H,26,31). The predicted octanol–water partition coefficient (Wildman–Crippen LogP) is 4.54. The molecule has 5 rings (SSSR count). The summed E-state index contributed by atoms with van der Waals surface area (Å²) in [5.41, 5.74) is 5.79. The van der Waals surface area contributed by atoms with Gasteiger partial charge in [-0.2, -0.15) is 5.10 Å². The van der Waals surface area contributed by atoms with Crippen LogP contribution in [0.1, 0.15) is 11.1 Å². The van der Waals surface area contributed by atoms with Gasteiger partial charge in [-0.15, -0.1) is 11.3 Å². The molecule has 0 radical (unpaired) electrons. The molecular weight excluding hydrogens is 434 g/mol. The van der Waals surface area contributed by atoms with E-state index in [1.54, 1.807) is 17.4 Å². The number of benzene rings is 2. The van der Waals surface area contributed by atoms with Gasteiger partial charge in [0.25, 0.3) is 5.56 Å². The molecule has 0 spiro atoms. The van der Waals surface area contributed by atoms with Gasteiger partial charge in [-0.3, -0.25) is 14.0 Å². The van der Waals surface area contributed by atoms with Crippen LogP contribution >= 0.6 is 11.3 Å². The summed E-state index contributed by atoms with van der Waals surface area (Å²) in [6.45, 7) is 3.82. The van der Waals surface area contributed by atoms with Crippen molar-refractivity contribution < 1.29 is 4.79 Å². The van der Waals surface area contributed by atoms with Gasteiger partial charge in [-0.1, -0.05) is 29.8 Å². The number of fused-ring (bicyclic) bond motifs is 1. The number of amides is 1. The van der Waals surface area contributed by atoms with Gasteiger partial charge in [0.05, 0.1) is 11.4 Å². The van der Waals surface area contributed by atoms with Crippen molar-refractivity contribution in [3.63, 3.8) is 0 Å². The van der Waals surface area contributed by atoms with Crippen LogP contribution in [-0.4, -0.2) is 25.1 Å². The van der Waals surface area contributed by atoms with Crippen LogP contribution in [0.25, 0.3) is 27.5 Å². The van der Waals surface area contributed by atoms with E-state index in [1.165, 1.54) is 10.7 Å². The van der Waals surface area contributed by atoms with Gasteiger partial charge in [-0.25, -0.2) is 9.67 Å². The van der Waals surface area contributed by atoms with E-state index in [0.29, 0.717) is 11.4 Å². The molecular formula is C25H21N5O2S. The van der Waals surface area contributed by atoms with Gasteiger partial charge in [0.15, 0.2) is 4.96 Å². The molecule has 2 aromatic carbocycles. The minimum absolute atomic E-state index is 0.179. The van der Waals surface area contributed by atoms with Crippen LogP contribution in [0.3, 0.4) is 0 Å². The minimum atomic E-state index is -0.328. The molecule has 0 aliphatic heterocycles. The zero-order chi connectivity index (χ0) is 22.9. The lowest BCUT2D eigenvalue weighted by atomic mass is 10.0. The highest BCUT2D eigenvalue weighted by atomic mass is 32.1. The van der Waals surface area contributed by atoms with Crippen LogP contribution in [0.5, 0.6) is 0 Å². The molecule has 3 heterocycles. The number of aryl methyl sites for hydroxylation is 2. The summed E-state index contributed by atoms with van der Waals surface area (Å²) in [4.78, 5) is 30.6. The Labute approximate surface area is 194 Å². The Morgan fingerprint density at radius 1 is 1.06 bits per heavy atom. The van der Waals surface area contributed by atoms with Crippen LogP contribution in [0.4, 0.5) is 5.69 Å². The largest absolute Gasteiger partial charge is 0.324 e. The van der Waals surface area contributed by atoms with Crippen molar-refractivity contribution in [2.75, 3.05) is 5.32 Å². The van der Waals surface area contributed by atoms with Crippen LogP contribution in [0.15, 0.2) is 77.2 Å². The van der Waals surface area contributed by atoms with Crippen LogP contribution in [0.2, 0.25) is 0 Å². The minimum Gasteiger partial charge on any atom is -0.324 e. The number of hydrogen-bond donors (Lipinski definition) is 1. The fraction of sp³-hybridized carbons (Fsp3) is 0.120. The molecule has 0 fully saturated rings. The Balaban J connectivity index is 1.36. The fourth-order valence-corrected chi connectivity index (χ4v) is 4.38. The number of carbonyl (C=O) groups excluding carboxylic acids is 1. The Morgan fingerprint density at radius 2 is 1.94 bits per heavy atom. The Morgan fingerprint density at radius 3 is 2.79 bits per heavy atom. The number of imidazole rings is 1. The molecule has 0 atom stereocenters. The molecule has 0 aliphatic carbocycles. The van der Waals surface area contributed by atoms with E-state index < -0.39 is 0 Å². The van der Waals surface area contributed by atoms with Crippen LogP contribution in [-0.2, 0) is 11.3 Å². The Bertz CT molecular complexity index is 1520. The summed E-state index contributed by atoms with van der Waals surface area (Å²) in [6, 6.07) is 16.7. The molecule has 0 saturated carbocycles. The van der Waals surface area contributed by atoms with E-state index >= 15 is 0 Å². The summed E-state index contributed by atoms with van der Waals surface area (Å²) in [5.74, 6) is -0.328. The van der Waals surface area contributed by atoms with E-state index in [9.17, 15) is 9.59 Å². The number of nitrogens with one attached hydrogen (secondary N) is 1. The zero-order valence-electron chi connectivity index (χ0n) is 18.1. The molecule has 33 heavy (non-hydrogen) atoms. The predicted molar refractivity (Wildman–Crippen MR) is 131 cm³/mol. The molecule has 5 aromatic rings. The molecule has 1 N–H and O–H groups in total. The summed E-state index contributed by atoms with van der Waals surface area (Å²) in [7, 11) is 0. The maximum atomic E-state index is 12.7. The van der Waals surface area contributed by atoms with Gasteiger partial charge < -0.3 is 5.32 Å². The first kappa shape index (κ1) is 20.8. The lowest BCUT2D eigenvalue weighted by Gasteiger charge is -2.10. The molecule has 7 nitrogen and oxygen atoms in total. The number of carbonyl (C=O) groups is 1. The second-order valence-electron chi connectivity index (χ2n) is 7.88. The third-order valence-corrected chi connectivity index (χ3v) is 6.14. The molecule has 0 aliphatic rings. The first-order valence-corrected chi connectivity index (χ1v) is 11.3. The molecule has 0 unspecified atom stereocenters. The van der Waals surface area contributed by atoms with Gasteiger partial charge in [0.2, 0.25) is 5.91 Å². The van der Waals surface area contributed by atoms with Crippen molar-refractivity contribution in [3.8, 4) is 22.5 Å². The second kappa shape index (κ2) is 8.48. The molecule has 3 aromatic heterocycles. The van der Waals surface area contributed by atoms with E-state index in [4.69, 9.17) is 0 Å². The average molecular weight is 456 g/mol. The van der Waals surface area contributed by atoms with Crippen molar-refractivity contribution in [1.29, 1.82) is 0 Å². The van der Waals surface area contributed by atoms with E-state index in [1.807, 2.05) is 78.5 Å². The molecule has 0 saturated heterocycles. The highest BCUT2D eigenvalue weighted by molar-refractivity contribution is 7.15. The second-order valence-corrected chi connectivity index (χ2v) is 8.75. The first-order chi connectivity index (χ1) is 16.0. The first-order valence-electron chi connectivity index (χ1n) is 10.4.